The van der Waals surface area contributed by atoms with E-state index in [0.717, 1.165) is 4.21 Å². The molecule has 62 valence electrons. The molecular formula is C9H7IS2. The third-order valence-corrected chi connectivity index (χ3v) is 4.55. The van der Waals surface area contributed by atoms with Crippen molar-refractivity contribution >= 4 is 56.6 Å². The van der Waals surface area contributed by atoms with Crippen LogP contribution in [0.1, 0.15) is 5.56 Å². The fraction of sp³-hybridized carbons (Fsp3) is 0.111. The van der Waals surface area contributed by atoms with Crippen LogP contribution < -0.4 is 0 Å². The van der Waals surface area contributed by atoms with Crippen LogP contribution in [0.3, 0.4) is 0 Å². The summed E-state index contributed by atoms with van der Waals surface area (Å²) in [5, 5.41) is 1.34. The van der Waals surface area contributed by atoms with Gasteiger partial charge in [-0.25, -0.2) is 0 Å². The molecule has 0 nitrogen and oxygen atoms in total. The first kappa shape index (κ1) is 8.84. The monoisotopic (exact) mass is 306 g/mol. The van der Waals surface area contributed by atoms with Crippen molar-refractivity contribution in [3.05, 3.63) is 27.3 Å². The maximum Gasteiger partial charge on any atom is 0.0581 e. The average molecular weight is 306 g/mol. The number of hydrogen-bond donors (Lipinski definition) is 1. The van der Waals surface area contributed by atoms with Crippen molar-refractivity contribution in [3.8, 4) is 0 Å². The molecule has 0 spiro atoms. The van der Waals surface area contributed by atoms with Gasteiger partial charge in [0.25, 0.3) is 0 Å². The fourth-order valence-corrected chi connectivity index (χ4v) is 3.22. The molecule has 1 aromatic heterocycles. The first-order valence-electron chi connectivity index (χ1n) is 3.56. The van der Waals surface area contributed by atoms with Crippen LogP contribution in [0.5, 0.6) is 0 Å². The van der Waals surface area contributed by atoms with Crippen molar-refractivity contribution < 1.29 is 0 Å². The molecule has 0 N–H and O–H groups in total. The van der Waals surface area contributed by atoms with Gasteiger partial charge in [0.15, 0.2) is 0 Å². The molecule has 0 unspecified atom stereocenters. The second-order valence-corrected chi connectivity index (χ2v) is 5.64. The van der Waals surface area contributed by atoms with Crippen molar-refractivity contribution in [2.45, 2.75) is 11.1 Å². The SMILES string of the molecule is Cc1ccc2sc(S)cc2c1I. The largest absolute Gasteiger partial charge is 0.133 e. The van der Waals surface area contributed by atoms with Crippen LogP contribution in [0.4, 0.5) is 0 Å². The van der Waals surface area contributed by atoms with Crippen LogP contribution in [-0.2, 0) is 0 Å². The normalized spacial score (nSPS) is 10.9. The maximum atomic E-state index is 4.34. The summed E-state index contributed by atoms with van der Waals surface area (Å²) in [5.74, 6) is 0. The molecule has 1 aromatic carbocycles. The van der Waals surface area contributed by atoms with Gasteiger partial charge in [-0.05, 0) is 47.2 Å². The van der Waals surface area contributed by atoms with Gasteiger partial charge < -0.3 is 0 Å². The van der Waals surface area contributed by atoms with Crippen LogP contribution >= 0.6 is 46.6 Å². The molecule has 0 aliphatic rings. The predicted octanol–water partition coefficient (Wildman–Crippen LogP) is 4.10. The number of fused-ring (bicyclic) bond motifs is 1. The molecule has 3 heteroatoms. The van der Waals surface area contributed by atoms with E-state index in [9.17, 15) is 0 Å². The van der Waals surface area contributed by atoms with Crippen LogP contribution in [-0.4, -0.2) is 0 Å². The number of thiophene rings is 1. The molecule has 0 aliphatic carbocycles. The summed E-state index contributed by atoms with van der Waals surface area (Å²) in [6, 6.07) is 6.46. The Morgan fingerprint density at radius 2 is 2.17 bits per heavy atom. The number of thiol groups is 1. The second-order valence-electron chi connectivity index (χ2n) is 2.69. The van der Waals surface area contributed by atoms with Crippen LogP contribution in [0, 0.1) is 10.5 Å². The minimum atomic E-state index is 1.09. The summed E-state index contributed by atoms with van der Waals surface area (Å²) in [6.07, 6.45) is 0. The Balaban J connectivity index is 2.89. The highest BCUT2D eigenvalue weighted by molar-refractivity contribution is 14.1. The lowest BCUT2D eigenvalue weighted by Gasteiger charge is -1.97. The van der Waals surface area contributed by atoms with E-state index >= 15 is 0 Å². The highest BCUT2D eigenvalue weighted by Gasteiger charge is 2.04. The molecule has 2 aromatic rings. The Labute approximate surface area is 94.5 Å². The Morgan fingerprint density at radius 3 is 2.92 bits per heavy atom. The zero-order valence-electron chi connectivity index (χ0n) is 6.47. The van der Waals surface area contributed by atoms with E-state index in [1.165, 1.54) is 19.2 Å². The van der Waals surface area contributed by atoms with Gasteiger partial charge in [-0.2, -0.15) is 0 Å². The summed E-state index contributed by atoms with van der Waals surface area (Å²) in [7, 11) is 0. The highest BCUT2D eigenvalue weighted by atomic mass is 127. The van der Waals surface area contributed by atoms with Gasteiger partial charge in [0.05, 0.1) is 4.21 Å². The van der Waals surface area contributed by atoms with Crippen LogP contribution in [0.2, 0.25) is 0 Å². The van der Waals surface area contributed by atoms with Crippen molar-refractivity contribution in [1.29, 1.82) is 0 Å². The van der Waals surface area contributed by atoms with Gasteiger partial charge in [0.1, 0.15) is 0 Å². The van der Waals surface area contributed by atoms with Gasteiger partial charge in [-0.1, -0.05) is 6.07 Å². The van der Waals surface area contributed by atoms with Gasteiger partial charge in [-0.15, -0.1) is 24.0 Å². The smallest absolute Gasteiger partial charge is 0.0581 e. The lowest BCUT2D eigenvalue weighted by molar-refractivity contribution is 1.47. The first-order chi connectivity index (χ1) is 5.68. The van der Waals surface area contributed by atoms with Crippen molar-refractivity contribution in [2.75, 3.05) is 0 Å². The van der Waals surface area contributed by atoms with E-state index in [0.29, 0.717) is 0 Å². The van der Waals surface area contributed by atoms with E-state index in [2.05, 4.69) is 60.3 Å². The van der Waals surface area contributed by atoms with Crippen molar-refractivity contribution in [2.24, 2.45) is 0 Å². The molecule has 0 aliphatic heterocycles. The van der Waals surface area contributed by atoms with Gasteiger partial charge in [0, 0.05) is 13.7 Å². The predicted molar refractivity (Wildman–Crippen MR) is 66.5 cm³/mol. The second kappa shape index (κ2) is 3.20. The molecular weight excluding hydrogens is 299 g/mol. The maximum absolute atomic E-state index is 4.34. The highest BCUT2D eigenvalue weighted by Crippen LogP contribution is 2.32. The average Bonchev–Trinajstić information content (AvgIpc) is 2.39. The number of aryl methyl sites for hydroxylation is 1. The third kappa shape index (κ3) is 1.38. The fourth-order valence-electron chi connectivity index (χ4n) is 1.17. The Morgan fingerprint density at radius 1 is 1.42 bits per heavy atom. The van der Waals surface area contributed by atoms with Gasteiger partial charge in [-0.3, -0.25) is 0 Å². The molecule has 0 radical (unpaired) electrons. The quantitative estimate of drug-likeness (QED) is 0.550. The molecule has 0 bridgehead atoms. The summed E-state index contributed by atoms with van der Waals surface area (Å²) in [6.45, 7) is 2.14. The summed E-state index contributed by atoms with van der Waals surface area (Å²) in [4.78, 5) is 0. The minimum absolute atomic E-state index is 1.09. The standard InChI is InChI=1S/C9H7IS2/c1-5-2-3-7-6(9(5)10)4-8(11)12-7/h2-4,11H,1H3. The van der Waals surface area contributed by atoms with Gasteiger partial charge in [0.2, 0.25) is 0 Å². The molecule has 0 atom stereocenters. The number of halogens is 1. The van der Waals surface area contributed by atoms with E-state index < -0.39 is 0 Å². The Kier molecular flexibility index (Phi) is 2.35. The molecule has 2 rings (SSSR count). The summed E-state index contributed by atoms with van der Waals surface area (Å²) >= 11 is 8.46. The van der Waals surface area contributed by atoms with Crippen LogP contribution in [0.25, 0.3) is 10.1 Å². The number of rotatable bonds is 0. The minimum Gasteiger partial charge on any atom is -0.133 e. The summed E-state index contributed by atoms with van der Waals surface area (Å²) in [5.41, 5.74) is 1.34. The topological polar surface area (TPSA) is 0 Å². The molecule has 0 saturated heterocycles. The molecule has 1 heterocycles. The lowest BCUT2D eigenvalue weighted by Crippen LogP contribution is -1.77. The van der Waals surface area contributed by atoms with Crippen molar-refractivity contribution in [1.82, 2.24) is 0 Å². The van der Waals surface area contributed by atoms with E-state index in [1.807, 2.05) is 0 Å². The van der Waals surface area contributed by atoms with Crippen molar-refractivity contribution in [3.63, 3.8) is 0 Å². The summed E-state index contributed by atoms with van der Waals surface area (Å²) < 4.78 is 3.77. The molecule has 0 fully saturated rings. The number of hydrogen-bond acceptors (Lipinski definition) is 2. The molecule has 12 heavy (non-hydrogen) atoms. The first-order valence-corrected chi connectivity index (χ1v) is 5.90. The van der Waals surface area contributed by atoms with E-state index in [4.69, 9.17) is 0 Å². The number of benzene rings is 1. The van der Waals surface area contributed by atoms with Gasteiger partial charge >= 0.3 is 0 Å². The molecule has 0 saturated carbocycles. The Hall–Kier alpha value is 0.260. The van der Waals surface area contributed by atoms with Crippen LogP contribution in [0.15, 0.2) is 22.4 Å². The van der Waals surface area contributed by atoms with E-state index in [-0.39, 0.29) is 0 Å². The zero-order valence-corrected chi connectivity index (χ0v) is 10.3. The zero-order chi connectivity index (χ0) is 8.72. The third-order valence-electron chi connectivity index (χ3n) is 1.82. The molecule has 0 amide bonds. The lowest BCUT2D eigenvalue weighted by atomic mass is 10.2. The Bertz CT molecular complexity index is 431. The van der Waals surface area contributed by atoms with E-state index in [1.54, 1.807) is 11.3 Å².